The molecule has 3 heteroatoms. The standard InChI is InChI=1S/C12H15Cl2N/c13-11-5-10(6-12(14)7-11)4-9-2-1-3-15-8-9/h5-7,9,15H,1-4,8H2. The quantitative estimate of drug-likeness (QED) is 0.839. The number of rotatable bonds is 2. The maximum atomic E-state index is 5.97. The summed E-state index contributed by atoms with van der Waals surface area (Å²) in [5, 5.41) is 4.89. The SMILES string of the molecule is Clc1cc(Cl)cc(CC2CCCNC2)c1. The molecule has 0 amide bonds. The Hall–Kier alpha value is -0.240. The van der Waals surface area contributed by atoms with E-state index in [2.05, 4.69) is 5.32 Å². The molecule has 1 N–H and O–H groups in total. The highest BCUT2D eigenvalue weighted by atomic mass is 35.5. The van der Waals surface area contributed by atoms with Crippen molar-refractivity contribution < 1.29 is 0 Å². The van der Waals surface area contributed by atoms with Crippen LogP contribution in [-0.2, 0) is 6.42 Å². The minimum atomic E-state index is 0.730. The first-order valence-electron chi connectivity index (χ1n) is 5.40. The highest BCUT2D eigenvalue weighted by Crippen LogP contribution is 2.23. The van der Waals surface area contributed by atoms with Crippen molar-refractivity contribution >= 4 is 23.2 Å². The van der Waals surface area contributed by atoms with E-state index in [9.17, 15) is 0 Å². The molecule has 1 saturated heterocycles. The van der Waals surface area contributed by atoms with Crippen LogP contribution in [0.5, 0.6) is 0 Å². The van der Waals surface area contributed by atoms with Crippen LogP contribution in [0.15, 0.2) is 18.2 Å². The van der Waals surface area contributed by atoms with Crippen LogP contribution >= 0.6 is 23.2 Å². The lowest BCUT2D eigenvalue weighted by molar-refractivity contribution is 0.376. The zero-order valence-corrected chi connectivity index (χ0v) is 10.1. The van der Waals surface area contributed by atoms with Crippen molar-refractivity contribution in [2.24, 2.45) is 5.92 Å². The van der Waals surface area contributed by atoms with Crippen molar-refractivity contribution in [3.8, 4) is 0 Å². The number of piperidine rings is 1. The van der Waals surface area contributed by atoms with Gasteiger partial charge in [0.15, 0.2) is 0 Å². The predicted octanol–water partition coefficient (Wildman–Crippen LogP) is 3.54. The lowest BCUT2D eigenvalue weighted by atomic mass is 9.92. The average molecular weight is 244 g/mol. The fourth-order valence-electron chi connectivity index (χ4n) is 2.16. The average Bonchev–Trinajstić information content (AvgIpc) is 2.17. The molecule has 0 aliphatic carbocycles. The maximum absolute atomic E-state index is 5.97. The number of benzene rings is 1. The molecule has 1 heterocycles. The molecule has 1 aromatic rings. The van der Waals surface area contributed by atoms with Gasteiger partial charge in [-0.1, -0.05) is 23.2 Å². The second kappa shape index (κ2) is 5.20. The van der Waals surface area contributed by atoms with Gasteiger partial charge in [-0.05, 0) is 62.0 Å². The second-order valence-electron chi connectivity index (χ2n) is 4.19. The van der Waals surface area contributed by atoms with Crippen LogP contribution in [0.2, 0.25) is 10.0 Å². The molecule has 0 bridgehead atoms. The maximum Gasteiger partial charge on any atom is 0.0423 e. The predicted molar refractivity (Wildman–Crippen MR) is 65.8 cm³/mol. The third-order valence-corrected chi connectivity index (χ3v) is 3.28. The van der Waals surface area contributed by atoms with Gasteiger partial charge in [-0.3, -0.25) is 0 Å². The molecule has 82 valence electrons. The van der Waals surface area contributed by atoms with Crippen LogP contribution in [-0.4, -0.2) is 13.1 Å². The first kappa shape index (κ1) is 11.3. The van der Waals surface area contributed by atoms with Gasteiger partial charge in [0.2, 0.25) is 0 Å². The summed E-state index contributed by atoms with van der Waals surface area (Å²) in [4.78, 5) is 0. The molecule has 0 aromatic heterocycles. The van der Waals surface area contributed by atoms with Crippen LogP contribution in [0.25, 0.3) is 0 Å². The zero-order valence-electron chi connectivity index (χ0n) is 8.60. The molecule has 2 rings (SSSR count). The van der Waals surface area contributed by atoms with Crippen molar-refractivity contribution in [1.82, 2.24) is 5.32 Å². The van der Waals surface area contributed by atoms with E-state index in [1.54, 1.807) is 6.07 Å². The fraction of sp³-hybridized carbons (Fsp3) is 0.500. The summed E-state index contributed by atoms with van der Waals surface area (Å²) >= 11 is 11.9. The number of nitrogens with one attached hydrogen (secondary N) is 1. The molecular weight excluding hydrogens is 229 g/mol. The van der Waals surface area contributed by atoms with Crippen molar-refractivity contribution in [1.29, 1.82) is 0 Å². The topological polar surface area (TPSA) is 12.0 Å². The van der Waals surface area contributed by atoms with Gasteiger partial charge in [0.25, 0.3) is 0 Å². The van der Waals surface area contributed by atoms with E-state index >= 15 is 0 Å². The lowest BCUT2D eigenvalue weighted by Crippen LogP contribution is -2.30. The highest BCUT2D eigenvalue weighted by molar-refractivity contribution is 6.34. The highest BCUT2D eigenvalue weighted by Gasteiger charge is 2.13. The van der Waals surface area contributed by atoms with Crippen LogP contribution < -0.4 is 5.32 Å². The summed E-state index contributed by atoms with van der Waals surface area (Å²) in [6.45, 7) is 2.27. The van der Waals surface area contributed by atoms with Crippen LogP contribution in [0.1, 0.15) is 18.4 Å². The van der Waals surface area contributed by atoms with Crippen LogP contribution in [0, 0.1) is 5.92 Å². The molecule has 1 aliphatic heterocycles. The molecule has 1 nitrogen and oxygen atoms in total. The van der Waals surface area contributed by atoms with Crippen LogP contribution in [0.4, 0.5) is 0 Å². The van der Waals surface area contributed by atoms with E-state index in [1.807, 2.05) is 12.1 Å². The Labute approximate surface area is 101 Å². The summed E-state index contributed by atoms with van der Waals surface area (Å²) in [6.07, 6.45) is 3.66. The van der Waals surface area contributed by atoms with E-state index in [-0.39, 0.29) is 0 Å². The summed E-state index contributed by atoms with van der Waals surface area (Å²) in [7, 11) is 0. The van der Waals surface area contributed by atoms with Gasteiger partial charge in [0.05, 0.1) is 0 Å². The molecule has 15 heavy (non-hydrogen) atoms. The van der Waals surface area contributed by atoms with Crippen molar-refractivity contribution in [3.05, 3.63) is 33.8 Å². The zero-order chi connectivity index (χ0) is 10.7. The Kier molecular flexibility index (Phi) is 3.90. The molecule has 1 fully saturated rings. The van der Waals surface area contributed by atoms with Crippen LogP contribution in [0.3, 0.4) is 0 Å². The molecule has 0 saturated carbocycles. The minimum absolute atomic E-state index is 0.730. The Morgan fingerprint density at radius 1 is 1.20 bits per heavy atom. The first-order valence-corrected chi connectivity index (χ1v) is 6.15. The van der Waals surface area contributed by atoms with E-state index in [1.165, 1.54) is 18.4 Å². The molecule has 1 unspecified atom stereocenters. The lowest BCUT2D eigenvalue weighted by Gasteiger charge is -2.22. The third kappa shape index (κ3) is 3.37. The van der Waals surface area contributed by atoms with Gasteiger partial charge in [0.1, 0.15) is 0 Å². The number of halogens is 2. The van der Waals surface area contributed by atoms with Gasteiger partial charge in [-0.15, -0.1) is 0 Å². The Morgan fingerprint density at radius 2 is 1.93 bits per heavy atom. The summed E-state index contributed by atoms with van der Waals surface area (Å²) < 4.78 is 0. The molecule has 1 atom stereocenters. The van der Waals surface area contributed by atoms with Gasteiger partial charge >= 0.3 is 0 Å². The Balaban J connectivity index is 2.02. The third-order valence-electron chi connectivity index (χ3n) is 2.85. The van der Waals surface area contributed by atoms with Gasteiger partial charge in [-0.2, -0.15) is 0 Å². The van der Waals surface area contributed by atoms with Gasteiger partial charge in [-0.25, -0.2) is 0 Å². The molecule has 1 aromatic carbocycles. The molecular formula is C12H15Cl2N. The normalized spacial score (nSPS) is 21.6. The van der Waals surface area contributed by atoms with E-state index in [4.69, 9.17) is 23.2 Å². The first-order chi connectivity index (χ1) is 7.24. The summed E-state index contributed by atoms with van der Waals surface area (Å²) in [5.41, 5.74) is 1.25. The van der Waals surface area contributed by atoms with Gasteiger partial charge < -0.3 is 5.32 Å². The second-order valence-corrected chi connectivity index (χ2v) is 5.07. The van der Waals surface area contributed by atoms with Crippen molar-refractivity contribution in [3.63, 3.8) is 0 Å². The minimum Gasteiger partial charge on any atom is -0.316 e. The smallest absolute Gasteiger partial charge is 0.0423 e. The largest absolute Gasteiger partial charge is 0.316 e. The number of hydrogen-bond acceptors (Lipinski definition) is 1. The summed E-state index contributed by atoms with van der Waals surface area (Å²) in [5.74, 6) is 0.730. The van der Waals surface area contributed by atoms with E-state index in [0.717, 1.165) is 35.5 Å². The Morgan fingerprint density at radius 3 is 2.53 bits per heavy atom. The van der Waals surface area contributed by atoms with E-state index in [0.29, 0.717) is 0 Å². The van der Waals surface area contributed by atoms with E-state index < -0.39 is 0 Å². The van der Waals surface area contributed by atoms with Crippen molar-refractivity contribution in [2.45, 2.75) is 19.3 Å². The fourth-order valence-corrected chi connectivity index (χ4v) is 2.73. The molecule has 0 spiro atoms. The molecule has 1 aliphatic rings. The molecule has 0 radical (unpaired) electrons. The summed E-state index contributed by atoms with van der Waals surface area (Å²) in [6, 6.07) is 5.82. The van der Waals surface area contributed by atoms with Crippen molar-refractivity contribution in [2.75, 3.05) is 13.1 Å². The number of hydrogen-bond donors (Lipinski definition) is 1. The van der Waals surface area contributed by atoms with Gasteiger partial charge in [0, 0.05) is 10.0 Å². The Bertz CT molecular complexity index is 312. The monoisotopic (exact) mass is 243 g/mol.